The molecule has 0 spiro atoms. The van der Waals surface area contributed by atoms with Crippen LogP contribution >= 0.6 is 0 Å². The van der Waals surface area contributed by atoms with Crippen LogP contribution in [0.4, 0.5) is 5.88 Å². The van der Waals surface area contributed by atoms with E-state index in [-0.39, 0.29) is 17.2 Å². The maximum absolute atomic E-state index is 10.8. The summed E-state index contributed by atoms with van der Waals surface area (Å²) in [6.07, 6.45) is 0. The molecule has 0 saturated heterocycles. The molecule has 4 N–H and O–H groups in total. The number of carbonyl (C=O) groups is 1. The fourth-order valence-electron chi connectivity index (χ4n) is 1.33. The standard InChI is InChI=1S/C9H7NO4/c10-8-7(9(12)13)5-3-4(11)1-2-6(5)14-8/h1-3,11H,10H2,(H,12,13). The first-order valence-electron chi connectivity index (χ1n) is 3.84. The van der Waals surface area contributed by atoms with Crippen LogP contribution in [0.15, 0.2) is 22.6 Å². The van der Waals surface area contributed by atoms with Crippen molar-refractivity contribution in [1.29, 1.82) is 0 Å². The van der Waals surface area contributed by atoms with Gasteiger partial charge in [0.25, 0.3) is 0 Å². The summed E-state index contributed by atoms with van der Waals surface area (Å²) in [4.78, 5) is 10.8. The Bertz CT molecular complexity index is 515. The predicted molar refractivity (Wildman–Crippen MR) is 49.3 cm³/mol. The first kappa shape index (κ1) is 8.43. The summed E-state index contributed by atoms with van der Waals surface area (Å²) in [7, 11) is 0. The van der Waals surface area contributed by atoms with Crippen LogP contribution in [-0.4, -0.2) is 16.2 Å². The Morgan fingerprint density at radius 3 is 2.79 bits per heavy atom. The van der Waals surface area contributed by atoms with Crippen LogP contribution < -0.4 is 5.73 Å². The largest absolute Gasteiger partial charge is 0.508 e. The van der Waals surface area contributed by atoms with Crippen molar-refractivity contribution in [2.75, 3.05) is 5.73 Å². The number of furan rings is 1. The molecule has 0 aliphatic rings. The Kier molecular flexibility index (Phi) is 1.60. The van der Waals surface area contributed by atoms with E-state index >= 15 is 0 Å². The van der Waals surface area contributed by atoms with Gasteiger partial charge in [-0.1, -0.05) is 0 Å². The lowest BCUT2D eigenvalue weighted by Crippen LogP contribution is -1.98. The number of aromatic hydroxyl groups is 1. The molecule has 0 atom stereocenters. The quantitative estimate of drug-likeness (QED) is 0.636. The number of nitrogen functional groups attached to an aromatic ring is 1. The maximum atomic E-state index is 10.8. The lowest BCUT2D eigenvalue weighted by atomic mass is 10.1. The van der Waals surface area contributed by atoms with Gasteiger partial charge >= 0.3 is 5.97 Å². The van der Waals surface area contributed by atoms with E-state index in [4.69, 9.17) is 15.3 Å². The van der Waals surface area contributed by atoms with E-state index in [9.17, 15) is 9.90 Å². The van der Waals surface area contributed by atoms with Crippen LogP contribution in [0.1, 0.15) is 10.4 Å². The molecule has 72 valence electrons. The molecular formula is C9H7NO4. The molecule has 1 heterocycles. The summed E-state index contributed by atoms with van der Waals surface area (Å²) in [5.41, 5.74) is 5.61. The molecule has 0 bridgehead atoms. The van der Waals surface area contributed by atoms with Crippen molar-refractivity contribution < 1.29 is 19.4 Å². The predicted octanol–water partition coefficient (Wildman–Crippen LogP) is 1.42. The van der Waals surface area contributed by atoms with Crippen molar-refractivity contribution in [2.24, 2.45) is 0 Å². The smallest absolute Gasteiger partial charge is 0.341 e. The first-order valence-corrected chi connectivity index (χ1v) is 3.84. The summed E-state index contributed by atoms with van der Waals surface area (Å²) in [6.45, 7) is 0. The van der Waals surface area contributed by atoms with Gasteiger partial charge in [-0.3, -0.25) is 0 Å². The molecule has 0 unspecified atom stereocenters. The topological polar surface area (TPSA) is 96.7 Å². The molecule has 0 aliphatic heterocycles. The zero-order chi connectivity index (χ0) is 10.3. The van der Waals surface area contributed by atoms with Gasteiger partial charge in [-0.05, 0) is 18.2 Å². The van der Waals surface area contributed by atoms with E-state index < -0.39 is 5.97 Å². The average molecular weight is 193 g/mol. The van der Waals surface area contributed by atoms with Gasteiger partial charge in [-0.15, -0.1) is 0 Å². The zero-order valence-corrected chi connectivity index (χ0v) is 7.02. The van der Waals surface area contributed by atoms with Crippen molar-refractivity contribution in [3.63, 3.8) is 0 Å². The van der Waals surface area contributed by atoms with E-state index in [2.05, 4.69) is 0 Å². The maximum Gasteiger partial charge on any atom is 0.341 e. The number of nitrogens with two attached hydrogens (primary N) is 1. The monoisotopic (exact) mass is 193 g/mol. The normalized spacial score (nSPS) is 10.6. The minimum Gasteiger partial charge on any atom is -0.508 e. The molecule has 0 amide bonds. The van der Waals surface area contributed by atoms with Crippen LogP contribution in [0, 0.1) is 0 Å². The summed E-state index contributed by atoms with van der Waals surface area (Å²) in [5, 5.41) is 18.3. The first-order chi connectivity index (χ1) is 6.59. The molecule has 14 heavy (non-hydrogen) atoms. The van der Waals surface area contributed by atoms with Gasteiger partial charge in [0.05, 0.1) is 0 Å². The average Bonchev–Trinajstić information content (AvgIpc) is 2.40. The lowest BCUT2D eigenvalue weighted by molar-refractivity contribution is 0.0699. The number of rotatable bonds is 1. The highest BCUT2D eigenvalue weighted by Crippen LogP contribution is 2.30. The Balaban J connectivity index is 2.86. The van der Waals surface area contributed by atoms with Gasteiger partial charge in [0.2, 0.25) is 5.88 Å². The van der Waals surface area contributed by atoms with E-state index in [1.165, 1.54) is 18.2 Å². The number of hydrogen-bond donors (Lipinski definition) is 3. The highest BCUT2D eigenvalue weighted by atomic mass is 16.4. The van der Waals surface area contributed by atoms with Gasteiger partial charge in [-0.25, -0.2) is 4.79 Å². The second-order valence-electron chi connectivity index (χ2n) is 2.83. The van der Waals surface area contributed by atoms with Gasteiger partial charge in [0, 0.05) is 5.39 Å². The van der Waals surface area contributed by atoms with Gasteiger partial charge in [0.15, 0.2) is 0 Å². The van der Waals surface area contributed by atoms with Crippen molar-refractivity contribution in [1.82, 2.24) is 0 Å². The molecule has 0 fully saturated rings. The molecule has 0 aliphatic carbocycles. The number of fused-ring (bicyclic) bond motifs is 1. The van der Waals surface area contributed by atoms with Gasteiger partial charge in [-0.2, -0.15) is 0 Å². The molecule has 2 aromatic rings. The van der Waals surface area contributed by atoms with E-state index in [1.54, 1.807) is 0 Å². The van der Waals surface area contributed by atoms with Crippen molar-refractivity contribution in [3.8, 4) is 5.75 Å². The highest BCUT2D eigenvalue weighted by molar-refractivity contribution is 6.07. The van der Waals surface area contributed by atoms with Crippen molar-refractivity contribution in [2.45, 2.75) is 0 Å². The molecule has 1 aromatic carbocycles. The third-order valence-corrected chi connectivity index (χ3v) is 1.91. The molecule has 1 aromatic heterocycles. The minimum absolute atomic E-state index is 0.0270. The Morgan fingerprint density at radius 2 is 2.14 bits per heavy atom. The second kappa shape index (κ2) is 2.66. The number of phenols is 1. The number of hydrogen-bond acceptors (Lipinski definition) is 4. The fraction of sp³-hybridized carbons (Fsp3) is 0. The van der Waals surface area contributed by atoms with E-state index in [0.29, 0.717) is 11.0 Å². The molecule has 0 saturated carbocycles. The molecule has 5 nitrogen and oxygen atoms in total. The minimum atomic E-state index is -1.17. The summed E-state index contributed by atoms with van der Waals surface area (Å²) in [6, 6.07) is 4.17. The van der Waals surface area contributed by atoms with Crippen LogP contribution in [-0.2, 0) is 0 Å². The van der Waals surface area contributed by atoms with Gasteiger partial charge < -0.3 is 20.4 Å². The number of phenolic OH excluding ortho intramolecular Hbond substituents is 1. The van der Waals surface area contributed by atoms with Crippen LogP contribution in [0.25, 0.3) is 11.0 Å². The number of anilines is 1. The SMILES string of the molecule is Nc1oc2ccc(O)cc2c1C(=O)O. The number of benzene rings is 1. The van der Waals surface area contributed by atoms with Crippen molar-refractivity contribution >= 4 is 22.8 Å². The Hall–Kier alpha value is -2.17. The van der Waals surface area contributed by atoms with Gasteiger partial charge in [0.1, 0.15) is 16.9 Å². The van der Waals surface area contributed by atoms with E-state index in [1.807, 2.05) is 0 Å². The second-order valence-corrected chi connectivity index (χ2v) is 2.83. The third kappa shape index (κ3) is 1.06. The Morgan fingerprint density at radius 1 is 1.43 bits per heavy atom. The number of carboxylic acids is 1. The van der Waals surface area contributed by atoms with Crippen LogP contribution in [0.5, 0.6) is 5.75 Å². The van der Waals surface area contributed by atoms with Crippen LogP contribution in [0.2, 0.25) is 0 Å². The molecule has 2 rings (SSSR count). The lowest BCUT2D eigenvalue weighted by Gasteiger charge is -1.92. The highest BCUT2D eigenvalue weighted by Gasteiger charge is 2.18. The summed E-state index contributed by atoms with van der Waals surface area (Å²) < 4.78 is 5.00. The number of aromatic carboxylic acids is 1. The van der Waals surface area contributed by atoms with Crippen LogP contribution in [0.3, 0.4) is 0 Å². The third-order valence-electron chi connectivity index (χ3n) is 1.91. The van der Waals surface area contributed by atoms with Crippen molar-refractivity contribution in [3.05, 3.63) is 23.8 Å². The molecule has 5 heteroatoms. The molecular weight excluding hydrogens is 186 g/mol. The summed E-state index contributed by atoms with van der Waals surface area (Å²) >= 11 is 0. The molecule has 0 radical (unpaired) electrons. The fourth-order valence-corrected chi connectivity index (χ4v) is 1.33. The van der Waals surface area contributed by atoms with E-state index in [0.717, 1.165) is 0 Å². The summed E-state index contributed by atoms with van der Waals surface area (Å²) in [5.74, 6) is -1.36. The number of carboxylic acid groups (broad SMARTS) is 1. The Labute approximate surface area is 78.4 Å². The zero-order valence-electron chi connectivity index (χ0n) is 7.02.